The molecule has 1 atom stereocenters. The van der Waals surface area contributed by atoms with Crippen molar-refractivity contribution < 1.29 is 31.1 Å². The number of alkyl halides is 3. The SMILES string of the molecule is CC(=O)Nc1cccc(S(=O)(=O)N2CCO[C@@H](C(F)(F)F)C2)c1. The number of benzene rings is 1. The molecule has 128 valence electrons. The lowest BCUT2D eigenvalue weighted by atomic mass is 10.3. The van der Waals surface area contributed by atoms with Gasteiger partial charge in [-0.3, -0.25) is 4.79 Å². The average Bonchev–Trinajstić information content (AvgIpc) is 2.46. The molecule has 0 aromatic heterocycles. The number of ether oxygens (including phenoxy) is 1. The van der Waals surface area contributed by atoms with E-state index in [1.807, 2.05) is 0 Å². The number of hydrogen-bond donors (Lipinski definition) is 1. The summed E-state index contributed by atoms with van der Waals surface area (Å²) >= 11 is 0. The zero-order valence-electron chi connectivity index (χ0n) is 12.1. The van der Waals surface area contributed by atoms with Gasteiger partial charge in [0.05, 0.1) is 11.5 Å². The molecule has 10 heteroatoms. The number of nitrogens with one attached hydrogen (secondary N) is 1. The minimum absolute atomic E-state index is 0.167. The second-order valence-corrected chi connectivity index (χ2v) is 6.91. The molecule has 0 spiro atoms. The molecule has 0 aliphatic carbocycles. The number of amides is 1. The van der Waals surface area contributed by atoms with Crippen molar-refractivity contribution >= 4 is 21.6 Å². The molecule has 1 N–H and O–H groups in total. The molecule has 1 amide bonds. The second-order valence-electron chi connectivity index (χ2n) is 4.97. The van der Waals surface area contributed by atoms with Crippen molar-refractivity contribution in [2.45, 2.75) is 24.1 Å². The first-order valence-electron chi connectivity index (χ1n) is 6.67. The topological polar surface area (TPSA) is 75.7 Å². The zero-order chi connectivity index (χ0) is 17.3. The van der Waals surface area contributed by atoms with Crippen molar-refractivity contribution in [2.24, 2.45) is 0 Å². The van der Waals surface area contributed by atoms with Crippen LogP contribution in [0.15, 0.2) is 29.2 Å². The fourth-order valence-electron chi connectivity index (χ4n) is 2.13. The Kier molecular flexibility index (Phi) is 4.97. The number of sulfonamides is 1. The summed E-state index contributed by atoms with van der Waals surface area (Å²) in [5.74, 6) is -0.386. The van der Waals surface area contributed by atoms with E-state index in [0.29, 0.717) is 0 Å². The van der Waals surface area contributed by atoms with Gasteiger partial charge in [0.2, 0.25) is 15.9 Å². The molecule has 1 heterocycles. The van der Waals surface area contributed by atoms with E-state index < -0.39 is 28.8 Å². The Labute approximate surface area is 131 Å². The molecule has 1 aromatic carbocycles. The molecule has 0 radical (unpaired) electrons. The third kappa shape index (κ3) is 4.21. The first-order valence-corrected chi connectivity index (χ1v) is 8.11. The lowest BCUT2D eigenvalue weighted by molar-refractivity contribution is -0.231. The Bertz CT molecular complexity index is 691. The Morgan fingerprint density at radius 3 is 2.70 bits per heavy atom. The van der Waals surface area contributed by atoms with E-state index in [2.05, 4.69) is 10.1 Å². The van der Waals surface area contributed by atoms with Gasteiger partial charge >= 0.3 is 6.18 Å². The van der Waals surface area contributed by atoms with Gasteiger partial charge in [0.25, 0.3) is 0 Å². The first kappa shape index (κ1) is 17.7. The first-order chi connectivity index (χ1) is 10.6. The number of carbonyl (C=O) groups excluding carboxylic acids is 1. The summed E-state index contributed by atoms with van der Waals surface area (Å²) in [4.78, 5) is 10.8. The number of carbonyl (C=O) groups is 1. The van der Waals surface area contributed by atoms with Gasteiger partial charge in [-0.1, -0.05) is 6.07 Å². The van der Waals surface area contributed by atoms with Gasteiger partial charge in [0.1, 0.15) is 0 Å². The molecule has 0 saturated carbocycles. The third-order valence-electron chi connectivity index (χ3n) is 3.19. The van der Waals surface area contributed by atoms with Gasteiger partial charge in [-0.15, -0.1) is 0 Å². The van der Waals surface area contributed by atoms with Crippen LogP contribution in [0.25, 0.3) is 0 Å². The second kappa shape index (κ2) is 6.46. The molecule has 1 saturated heterocycles. The lowest BCUT2D eigenvalue weighted by Gasteiger charge is -2.33. The van der Waals surface area contributed by atoms with Crippen molar-refractivity contribution in [3.63, 3.8) is 0 Å². The van der Waals surface area contributed by atoms with Crippen LogP contribution >= 0.6 is 0 Å². The standard InChI is InChI=1S/C13H15F3N2O4S/c1-9(19)17-10-3-2-4-11(7-10)23(20,21)18-5-6-22-12(8-18)13(14,15)16/h2-4,7,12H,5-6,8H2,1H3,(H,17,19)/t12-/m1/s1. The fourth-order valence-corrected chi connectivity index (χ4v) is 3.60. The number of anilines is 1. The summed E-state index contributed by atoms with van der Waals surface area (Å²) < 4.78 is 68.5. The molecular weight excluding hydrogens is 337 g/mol. The Hall–Kier alpha value is -1.65. The number of rotatable bonds is 3. The zero-order valence-corrected chi connectivity index (χ0v) is 12.9. The van der Waals surface area contributed by atoms with Gasteiger partial charge < -0.3 is 10.1 Å². The third-order valence-corrected chi connectivity index (χ3v) is 5.05. The van der Waals surface area contributed by atoms with Crippen molar-refractivity contribution in [1.29, 1.82) is 0 Å². The minimum Gasteiger partial charge on any atom is -0.366 e. The summed E-state index contributed by atoms with van der Waals surface area (Å²) in [7, 11) is -4.11. The summed E-state index contributed by atoms with van der Waals surface area (Å²) in [6.45, 7) is -0.0403. The van der Waals surface area contributed by atoms with Gasteiger partial charge in [-0.2, -0.15) is 17.5 Å². The Balaban J connectivity index is 2.26. The van der Waals surface area contributed by atoms with Crippen molar-refractivity contribution in [3.8, 4) is 0 Å². The van der Waals surface area contributed by atoms with Crippen LogP contribution in [0.4, 0.5) is 18.9 Å². The molecule has 2 rings (SSSR count). The number of hydrogen-bond acceptors (Lipinski definition) is 4. The molecule has 1 aromatic rings. The quantitative estimate of drug-likeness (QED) is 0.897. The summed E-state index contributed by atoms with van der Waals surface area (Å²) in [6.07, 6.45) is -6.78. The maximum atomic E-state index is 12.7. The van der Waals surface area contributed by atoms with Crippen molar-refractivity contribution in [3.05, 3.63) is 24.3 Å². The molecule has 1 aliphatic rings. The van der Waals surface area contributed by atoms with E-state index in [1.165, 1.54) is 31.2 Å². The van der Waals surface area contributed by atoms with Crippen LogP contribution in [0.5, 0.6) is 0 Å². The molecule has 23 heavy (non-hydrogen) atoms. The smallest absolute Gasteiger partial charge is 0.366 e. The van der Waals surface area contributed by atoms with Gasteiger partial charge in [-0.05, 0) is 18.2 Å². The van der Waals surface area contributed by atoms with Crippen LogP contribution < -0.4 is 5.32 Å². The van der Waals surface area contributed by atoms with Gasteiger partial charge in [-0.25, -0.2) is 8.42 Å². The minimum atomic E-state index is -4.63. The number of morpholine rings is 1. The highest BCUT2D eigenvalue weighted by Crippen LogP contribution is 2.28. The summed E-state index contributed by atoms with van der Waals surface area (Å²) in [6, 6.07) is 5.35. The van der Waals surface area contributed by atoms with Crippen LogP contribution in [0.1, 0.15) is 6.92 Å². The fraction of sp³-hybridized carbons (Fsp3) is 0.462. The van der Waals surface area contributed by atoms with E-state index >= 15 is 0 Å². The number of nitrogens with zero attached hydrogens (tertiary/aromatic N) is 1. The highest BCUT2D eigenvalue weighted by molar-refractivity contribution is 7.89. The van der Waals surface area contributed by atoms with Gasteiger partial charge in [0.15, 0.2) is 6.10 Å². The van der Waals surface area contributed by atoms with E-state index in [9.17, 15) is 26.4 Å². The molecular formula is C13H15F3N2O4S. The van der Waals surface area contributed by atoms with Crippen LogP contribution in [0.3, 0.4) is 0 Å². The van der Waals surface area contributed by atoms with E-state index in [-0.39, 0.29) is 29.6 Å². The molecule has 1 fully saturated rings. The van der Waals surface area contributed by atoms with Crippen LogP contribution in [-0.2, 0) is 19.6 Å². The monoisotopic (exact) mass is 352 g/mol. The maximum absolute atomic E-state index is 12.7. The summed E-state index contributed by atoms with van der Waals surface area (Å²) in [5, 5.41) is 2.43. The molecule has 0 bridgehead atoms. The summed E-state index contributed by atoms with van der Waals surface area (Å²) in [5.41, 5.74) is 0.249. The molecule has 1 aliphatic heterocycles. The highest BCUT2D eigenvalue weighted by atomic mass is 32.2. The average molecular weight is 352 g/mol. The van der Waals surface area contributed by atoms with Crippen molar-refractivity contribution in [1.82, 2.24) is 4.31 Å². The van der Waals surface area contributed by atoms with Gasteiger partial charge in [0, 0.05) is 25.7 Å². The van der Waals surface area contributed by atoms with Crippen molar-refractivity contribution in [2.75, 3.05) is 25.0 Å². The van der Waals surface area contributed by atoms with Crippen LogP contribution in [0, 0.1) is 0 Å². The van der Waals surface area contributed by atoms with Crippen LogP contribution in [0.2, 0.25) is 0 Å². The predicted octanol–water partition coefficient (Wildman–Crippen LogP) is 1.60. The van der Waals surface area contributed by atoms with Crippen LogP contribution in [-0.4, -0.2) is 50.6 Å². The van der Waals surface area contributed by atoms with E-state index in [0.717, 1.165) is 4.31 Å². The van der Waals surface area contributed by atoms with E-state index in [4.69, 9.17) is 0 Å². The number of halogens is 3. The lowest BCUT2D eigenvalue weighted by Crippen LogP contribution is -2.51. The normalized spacial score (nSPS) is 20.3. The maximum Gasteiger partial charge on any atom is 0.415 e. The Morgan fingerprint density at radius 1 is 1.39 bits per heavy atom. The molecule has 6 nitrogen and oxygen atoms in total. The predicted molar refractivity (Wildman–Crippen MR) is 75.3 cm³/mol. The Morgan fingerprint density at radius 2 is 2.09 bits per heavy atom. The molecule has 0 unspecified atom stereocenters. The largest absolute Gasteiger partial charge is 0.415 e. The highest BCUT2D eigenvalue weighted by Gasteiger charge is 2.45. The van der Waals surface area contributed by atoms with E-state index in [1.54, 1.807) is 0 Å².